The fourth-order valence-corrected chi connectivity index (χ4v) is 2.63. The van der Waals surface area contributed by atoms with Crippen LogP contribution in [0.3, 0.4) is 0 Å². The Hall–Kier alpha value is 0.950. The minimum absolute atomic E-state index is 0.800. The van der Waals surface area contributed by atoms with Gasteiger partial charge in [-0.3, -0.25) is 0 Å². The molecular weight excluding hydrogens is 287 g/mol. The van der Waals surface area contributed by atoms with Crippen LogP contribution in [-0.2, 0) is 5.33 Å². The van der Waals surface area contributed by atoms with Gasteiger partial charge in [0.05, 0.1) is 8.81 Å². The molecule has 0 aromatic carbocycles. The third-order valence-electron chi connectivity index (χ3n) is 0.828. The molecule has 1 aromatic rings. The van der Waals surface area contributed by atoms with E-state index in [9.17, 15) is 0 Å². The molecule has 0 unspecified atom stereocenters. The van der Waals surface area contributed by atoms with Crippen LogP contribution in [0.15, 0.2) is 9.85 Å². The number of hydrogen-bond donors (Lipinski definition) is 0. The molecule has 0 nitrogen and oxygen atoms in total. The van der Waals surface area contributed by atoms with Crippen LogP contribution >= 0.6 is 54.8 Å². The first-order valence-electron chi connectivity index (χ1n) is 2.23. The molecule has 0 aliphatic heterocycles. The Morgan fingerprint density at radius 3 is 2.56 bits per heavy atom. The Morgan fingerprint density at radius 1 is 1.67 bits per heavy atom. The summed E-state index contributed by atoms with van der Waals surface area (Å²) in [4.78, 5) is 1.24. The monoisotopic (exact) mass is 288 g/mol. The van der Waals surface area contributed by atoms with Gasteiger partial charge in [-0.05, 0) is 22.0 Å². The summed E-state index contributed by atoms with van der Waals surface area (Å²) in [6.45, 7) is 0. The zero-order valence-corrected chi connectivity index (χ0v) is 9.07. The van der Waals surface area contributed by atoms with Crippen molar-refractivity contribution in [2.24, 2.45) is 0 Å². The van der Waals surface area contributed by atoms with Crippen molar-refractivity contribution < 1.29 is 0 Å². The summed E-state index contributed by atoms with van der Waals surface area (Å²) in [5.74, 6) is 0. The van der Waals surface area contributed by atoms with E-state index in [0.29, 0.717) is 0 Å². The Balaban J connectivity index is 2.98. The molecule has 9 heavy (non-hydrogen) atoms. The second-order valence-corrected chi connectivity index (χ2v) is 4.89. The third kappa shape index (κ3) is 1.93. The van der Waals surface area contributed by atoms with E-state index in [1.165, 1.54) is 4.88 Å². The van der Waals surface area contributed by atoms with Crippen LogP contribution in [0.25, 0.3) is 0 Å². The predicted octanol–water partition coefficient (Wildman–Crippen LogP) is 4.06. The molecule has 4 heteroatoms. The maximum absolute atomic E-state index is 5.75. The first-order valence-corrected chi connectivity index (χ1v) is 5.34. The Kier molecular flexibility index (Phi) is 3.02. The van der Waals surface area contributed by atoms with Gasteiger partial charge in [0, 0.05) is 10.2 Å². The van der Waals surface area contributed by atoms with Gasteiger partial charge < -0.3 is 0 Å². The van der Waals surface area contributed by atoms with E-state index in [4.69, 9.17) is 11.6 Å². The SMILES string of the molecule is Clc1cc(CBr)sc1Br. The molecule has 0 bridgehead atoms. The van der Waals surface area contributed by atoms with Gasteiger partial charge in [0.15, 0.2) is 0 Å². The summed E-state index contributed by atoms with van der Waals surface area (Å²) < 4.78 is 1.01. The van der Waals surface area contributed by atoms with Gasteiger partial charge >= 0.3 is 0 Å². The normalized spacial score (nSPS) is 10.1. The van der Waals surface area contributed by atoms with Crippen LogP contribution in [0, 0.1) is 0 Å². The zero-order valence-electron chi connectivity index (χ0n) is 4.33. The summed E-state index contributed by atoms with van der Waals surface area (Å²) in [7, 11) is 0. The Bertz CT molecular complexity index is 189. The lowest BCUT2D eigenvalue weighted by molar-refractivity contribution is 1.58. The molecule has 50 valence electrons. The average Bonchev–Trinajstić information content (AvgIpc) is 2.13. The third-order valence-corrected chi connectivity index (χ3v) is 4.28. The van der Waals surface area contributed by atoms with Crippen molar-refractivity contribution in [1.29, 1.82) is 0 Å². The van der Waals surface area contributed by atoms with Gasteiger partial charge in [-0.25, -0.2) is 0 Å². The van der Waals surface area contributed by atoms with Crippen LogP contribution in [0.1, 0.15) is 4.88 Å². The van der Waals surface area contributed by atoms with Crippen LogP contribution in [0.2, 0.25) is 5.02 Å². The van der Waals surface area contributed by atoms with Gasteiger partial charge in [-0.15, -0.1) is 11.3 Å². The van der Waals surface area contributed by atoms with E-state index >= 15 is 0 Å². The summed E-state index contributed by atoms with van der Waals surface area (Å²) >= 11 is 14.1. The molecule has 0 aliphatic rings. The minimum atomic E-state index is 0.800. The largest absolute Gasteiger partial charge is 0.131 e. The van der Waals surface area contributed by atoms with Crippen molar-refractivity contribution in [3.63, 3.8) is 0 Å². The molecule has 0 aliphatic carbocycles. The topological polar surface area (TPSA) is 0 Å². The second-order valence-electron chi connectivity index (χ2n) is 1.47. The molecule has 0 fully saturated rings. The molecular formula is C5H3Br2ClS. The van der Waals surface area contributed by atoms with E-state index in [2.05, 4.69) is 31.9 Å². The zero-order chi connectivity index (χ0) is 6.85. The van der Waals surface area contributed by atoms with E-state index in [-0.39, 0.29) is 0 Å². The quantitative estimate of drug-likeness (QED) is 0.684. The van der Waals surface area contributed by atoms with Crippen LogP contribution in [-0.4, -0.2) is 0 Å². The van der Waals surface area contributed by atoms with Gasteiger partial charge in [-0.2, -0.15) is 0 Å². The van der Waals surface area contributed by atoms with Crippen LogP contribution in [0.4, 0.5) is 0 Å². The number of hydrogen-bond acceptors (Lipinski definition) is 1. The van der Waals surface area contributed by atoms with E-state index < -0.39 is 0 Å². The number of halogens is 3. The molecule has 1 rings (SSSR count). The molecule has 0 saturated heterocycles. The molecule has 0 radical (unpaired) electrons. The maximum Gasteiger partial charge on any atom is 0.0887 e. The number of thiophene rings is 1. The average molecular weight is 290 g/mol. The molecule has 0 spiro atoms. The van der Waals surface area contributed by atoms with Crippen molar-refractivity contribution in [1.82, 2.24) is 0 Å². The van der Waals surface area contributed by atoms with Crippen molar-refractivity contribution in [2.75, 3.05) is 0 Å². The number of rotatable bonds is 1. The highest BCUT2D eigenvalue weighted by molar-refractivity contribution is 9.11. The smallest absolute Gasteiger partial charge is 0.0887 e. The highest BCUT2D eigenvalue weighted by Crippen LogP contribution is 2.32. The summed E-state index contributed by atoms with van der Waals surface area (Å²) in [6.07, 6.45) is 0. The lowest BCUT2D eigenvalue weighted by Crippen LogP contribution is -1.58. The molecule has 1 aromatic heterocycles. The minimum Gasteiger partial charge on any atom is -0.131 e. The lowest BCUT2D eigenvalue weighted by atomic mass is 10.5. The molecule has 1 heterocycles. The Morgan fingerprint density at radius 2 is 2.33 bits per heavy atom. The standard InChI is InChI=1S/C5H3Br2ClS/c6-2-3-1-4(8)5(7)9-3/h1H,2H2. The van der Waals surface area contributed by atoms with E-state index in [1.807, 2.05) is 6.07 Å². The highest BCUT2D eigenvalue weighted by atomic mass is 79.9. The van der Waals surface area contributed by atoms with Gasteiger partial charge in [0.2, 0.25) is 0 Å². The maximum atomic E-state index is 5.75. The molecule has 0 amide bonds. The molecule has 0 N–H and O–H groups in total. The van der Waals surface area contributed by atoms with E-state index in [1.54, 1.807) is 11.3 Å². The fraction of sp³-hybridized carbons (Fsp3) is 0.200. The van der Waals surface area contributed by atoms with Crippen molar-refractivity contribution in [3.05, 3.63) is 19.8 Å². The molecule has 0 atom stereocenters. The van der Waals surface area contributed by atoms with Crippen molar-refractivity contribution in [3.8, 4) is 0 Å². The van der Waals surface area contributed by atoms with Crippen molar-refractivity contribution in [2.45, 2.75) is 5.33 Å². The lowest BCUT2D eigenvalue weighted by Gasteiger charge is -1.77. The second kappa shape index (κ2) is 3.37. The molecule has 0 saturated carbocycles. The highest BCUT2D eigenvalue weighted by Gasteiger charge is 2.01. The van der Waals surface area contributed by atoms with Gasteiger partial charge in [0.1, 0.15) is 0 Å². The Labute approximate surface area is 79.5 Å². The summed E-state index contributed by atoms with van der Waals surface area (Å²) in [6, 6.07) is 1.95. The predicted molar refractivity (Wildman–Crippen MR) is 49.7 cm³/mol. The fourth-order valence-electron chi connectivity index (χ4n) is 0.457. The first kappa shape index (κ1) is 8.05. The van der Waals surface area contributed by atoms with Gasteiger partial charge in [0.25, 0.3) is 0 Å². The van der Waals surface area contributed by atoms with Crippen molar-refractivity contribution >= 4 is 54.8 Å². The summed E-state index contributed by atoms with van der Waals surface area (Å²) in [5, 5.41) is 1.68. The number of alkyl halides is 1. The first-order chi connectivity index (χ1) is 4.24. The van der Waals surface area contributed by atoms with E-state index in [0.717, 1.165) is 14.1 Å². The summed E-state index contributed by atoms with van der Waals surface area (Å²) in [5.41, 5.74) is 0. The van der Waals surface area contributed by atoms with Crippen LogP contribution in [0.5, 0.6) is 0 Å². The van der Waals surface area contributed by atoms with Crippen LogP contribution < -0.4 is 0 Å². The van der Waals surface area contributed by atoms with Gasteiger partial charge in [-0.1, -0.05) is 27.5 Å².